The van der Waals surface area contributed by atoms with Crippen LogP contribution in [-0.4, -0.2) is 25.0 Å². The molecule has 0 rings (SSSR count). The molecular weight excluding hydrogens is 160 g/mol. The lowest BCUT2D eigenvalue weighted by Gasteiger charge is -2.32. The molecule has 0 N–H and O–H groups in total. The van der Waals surface area contributed by atoms with E-state index in [0.29, 0.717) is 13.2 Å². The van der Waals surface area contributed by atoms with Crippen molar-refractivity contribution in [1.29, 1.82) is 0 Å². The third-order valence-electron chi connectivity index (χ3n) is 1.53. The molecule has 0 atom stereocenters. The molecule has 0 aromatic rings. The van der Waals surface area contributed by atoms with Crippen LogP contribution in [0.1, 0.15) is 27.2 Å². The molecule has 0 unspecified atom stereocenters. The summed E-state index contributed by atoms with van der Waals surface area (Å²) in [7, 11) is 0. The maximum absolute atomic E-state index is 10.7. The van der Waals surface area contributed by atoms with Gasteiger partial charge in [-0.15, -0.1) is 0 Å². The Morgan fingerprint density at radius 3 is 1.83 bits per heavy atom. The minimum atomic E-state index is -1.55. The van der Waals surface area contributed by atoms with E-state index in [4.69, 9.17) is 9.47 Å². The van der Waals surface area contributed by atoms with Crippen LogP contribution < -0.4 is 5.11 Å². The lowest BCUT2D eigenvalue weighted by molar-refractivity contribution is -0.358. The molecule has 0 aliphatic heterocycles. The van der Waals surface area contributed by atoms with E-state index in [1.807, 2.05) is 0 Å². The number of aliphatic carboxylic acids is 1. The number of ether oxygens (including phenoxy) is 2. The average molecular weight is 175 g/mol. The van der Waals surface area contributed by atoms with Gasteiger partial charge in [0.05, 0.1) is 0 Å². The Hall–Kier alpha value is -0.610. The summed E-state index contributed by atoms with van der Waals surface area (Å²) in [5.74, 6) is -2.86. The number of rotatable bonds is 6. The molecule has 0 fully saturated rings. The van der Waals surface area contributed by atoms with E-state index in [2.05, 4.69) is 0 Å². The van der Waals surface area contributed by atoms with Gasteiger partial charge < -0.3 is 19.4 Å². The van der Waals surface area contributed by atoms with Crippen LogP contribution in [0, 0.1) is 0 Å². The summed E-state index contributed by atoms with van der Waals surface area (Å²) in [5, 5.41) is 10.7. The first-order valence-corrected chi connectivity index (χ1v) is 4.12. The van der Waals surface area contributed by atoms with Crippen LogP contribution in [-0.2, 0) is 14.3 Å². The van der Waals surface area contributed by atoms with Crippen LogP contribution >= 0.6 is 0 Å². The third-order valence-corrected chi connectivity index (χ3v) is 1.53. The molecule has 0 radical (unpaired) electrons. The Morgan fingerprint density at radius 1 is 1.25 bits per heavy atom. The number of carboxylic acid groups (broad SMARTS) is 1. The van der Waals surface area contributed by atoms with Gasteiger partial charge in [-0.05, 0) is 13.8 Å². The second-order valence-corrected chi connectivity index (χ2v) is 2.26. The normalized spacial score (nSPS) is 11.6. The van der Waals surface area contributed by atoms with Crippen LogP contribution in [0.3, 0.4) is 0 Å². The van der Waals surface area contributed by atoms with Crippen molar-refractivity contribution in [1.82, 2.24) is 0 Å². The van der Waals surface area contributed by atoms with Crippen molar-refractivity contribution in [2.24, 2.45) is 0 Å². The van der Waals surface area contributed by atoms with Gasteiger partial charge in [0.1, 0.15) is 5.97 Å². The summed E-state index contributed by atoms with van der Waals surface area (Å²) in [6, 6.07) is 0. The van der Waals surface area contributed by atoms with Gasteiger partial charge in [-0.3, -0.25) is 0 Å². The maximum atomic E-state index is 10.7. The molecule has 12 heavy (non-hydrogen) atoms. The van der Waals surface area contributed by atoms with Crippen LogP contribution in [0.2, 0.25) is 0 Å². The van der Waals surface area contributed by atoms with E-state index in [0.717, 1.165) is 0 Å². The Kier molecular flexibility index (Phi) is 4.85. The minimum absolute atomic E-state index is 0.247. The zero-order valence-electron chi connectivity index (χ0n) is 7.75. The van der Waals surface area contributed by atoms with E-state index in [9.17, 15) is 9.90 Å². The molecule has 0 saturated carbocycles. The molecule has 0 aliphatic rings. The topological polar surface area (TPSA) is 58.6 Å². The van der Waals surface area contributed by atoms with Gasteiger partial charge in [0, 0.05) is 19.6 Å². The van der Waals surface area contributed by atoms with Gasteiger partial charge >= 0.3 is 0 Å². The molecule has 0 bridgehead atoms. The van der Waals surface area contributed by atoms with Gasteiger partial charge in [-0.1, -0.05) is 6.92 Å². The fourth-order valence-electron chi connectivity index (χ4n) is 0.974. The summed E-state index contributed by atoms with van der Waals surface area (Å²) >= 11 is 0. The van der Waals surface area contributed by atoms with Crippen molar-refractivity contribution in [3.63, 3.8) is 0 Å². The highest BCUT2D eigenvalue weighted by Crippen LogP contribution is 2.16. The molecule has 72 valence electrons. The zero-order valence-corrected chi connectivity index (χ0v) is 7.75. The molecule has 0 amide bonds. The highest BCUT2D eigenvalue weighted by molar-refractivity contribution is 5.73. The van der Waals surface area contributed by atoms with Crippen molar-refractivity contribution in [2.45, 2.75) is 33.0 Å². The van der Waals surface area contributed by atoms with Crippen molar-refractivity contribution < 1.29 is 19.4 Å². The molecule has 0 saturated heterocycles. The Balaban J connectivity index is 4.39. The van der Waals surface area contributed by atoms with Crippen LogP contribution in [0.25, 0.3) is 0 Å². The fraction of sp³-hybridized carbons (Fsp3) is 0.875. The predicted octanol–water partition coefficient (Wildman–Crippen LogP) is -0.0844. The first-order chi connectivity index (χ1) is 5.63. The van der Waals surface area contributed by atoms with Gasteiger partial charge in [0.15, 0.2) is 0 Å². The average Bonchev–Trinajstić information content (AvgIpc) is 2.03. The standard InChI is InChI=1S/C8H16O4/c1-4-8(7(9)10,11-5-2)12-6-3/h4-6H2,1-3H3,(H,9,10)/p-1. The van der Waals surface area contributed by atoms with Crippen molar-refractivity contribution in [2.75, 3.05) is 13.2 Å². The lowest BCUT2D eigenvalue weighted by atomic mass is 10.2. The smallest absolute Gasteiger partial charge is 0.209 e. The molecular formula is C8H15O4-. The summed E-state index contributed by atoms with van der Waals surface area (Å²) in [5.41, 5.74) is 0. The molecule has 4 nitrogen and oxygen atoms in total. The Labute approximate surface area is 72.5 Å². The van der Waals surface area contributed by atoms with Crippen LogP contribution in [0.4, 0.5) is 0 Å². The third kappa shape index (κ3) is 2.46. The van der Waals surface area contributed by atoms with Gasteiger partial charge in [0.25, 0.3) is 0 Å². The second-order valence-electron chi connectivity index (χ2n) is 2.26. The predicted molar refractivity (Wildman–Crippen MR) is 41.3 cm³/mol. The SMILES string of the molecule is CCOC(CC)(OCC)C(=O)[O-]. The number of carbonyl (C=O) groups is 1. The molecule has 4 heteroatoms. The van der Waals surface area contributed by atoms with E-state index >= 15 is 0 Å². The number of carboxylic acids is 1. The summed E-state index contributed by atoms with van der Waals surface area (Å²) < 4.78 is 9.99. The minimum Gasteiger partial charge on any atom is -0.544 e. The summed E-state index contributed by atoms with van der Waals surface area (Å²) in [6.45, 7) is 5.70. The molecule has 0 heterocycles. The van der Waals surface area contributed by atoms with E-state index in [1.165, 1.54) is 0 Å². The molecule has 0 aromatic heterocycles. The lowest BCUT2D eigenvalue weighted by Crippen LogP contribution is -2.52. The quantitative estimate of drug-likeness (QED) is 0.529. The van der Waals surface area contributed by atoms with E-state index in [-0.39, 0.29) is 6.42 Å². The highest BCUT2D eigenvalue weighted by Gasteiger charge is 2.30. The monoisotopic (exact) mass is 175 g/mol. The second kappa shape index (κ2) is 5.11. The number of hydrogen-bond donors (Lipinski definition) is 0. The highest BCUT2D eigenvalue weighted by atomic mass is 16.7. The summed E-state index contributed by atoms with van der Waals surface area (Å²) in [6.07, 6.45) is 0.247. The van der Waals surface area contributed by atoms with Crippen LogP contribution in [0.5, 0.6) is 0 Å². The van der Waals surface area contributed by atoms with Crippen LogP contribution in [0.15, 0.2) is 0 Å². The van der Waals surface area contributed by atoms with Crippen molar-refractivity contribution in [3.8, 4) is 0 Å². The Morgan fingerprint density at radius 2 is 1.67 bits per heavy atom. The number of hydrogen-bond acceptors (Lipinski definition) is 4. The largest absolute Gasteiger partial charge is 0.544 e. The zero-order chi connectivity index (χ0) is 9.61. The van der Waals surface area contributed by atoms with E-state index < -0.39 is 11.8 Å². The first kappa shape index (κ1) is 11.4. The van der Waals surface area contributed by atoms with Crippen molar-refractivity contribution in [3.05, 3.63) is 0 Å². The van der Waals surface area contributed by atoms with Crippen molar-refractivity contribution >= 4 is 5.97 Å². The number of carbonyl (C=O) groups excluding carboxylic acids is 1. The first-order valence-electron chi connectivity index (χ1n) is 4.12. The molecule has 0 spiro atoms. The molecule has 0 aromatic carbocycles. The Bertz CT molecular complexity index is 138. The van der Waals surface area contributed by atoms with Gasteiger partial charge in [-0.2, -0.15) is 0 Å². The molecule has 0 aliphatic carbocycles. The van der Waals surface area contributed by atoms with Gasteiger partial charge in [0.2, 0.25) is 5.79 Å². The van der Waals surface area contributed by atoms with E-state index in [1.54, 1.807) is 20.8 Å². The fourth-order valence-corrected chi connectivity index (χ4v) is 0.974. The van der Waals surface area contributed by atoms with Gasteiger partial charge in [-0.25, -0.2) is 0 Å². The maximum Gasteiger partial charge on any atom is 0.209 e. The summed E-state index contributed by atoms with van der Waals surface area (Å²) in [4.78, 5) is 10.7.